The largest absolute Gasteiger partial charge is 0.349 e. The predicted octanol–water partition coefficient (Wildman–Crippen LogP) is 6.07. The van der Waals surface area contributed by atoms with Gasteiger partial charge in [0, 0.05) is 35.7 Å². The van der Waals surface area contributed by atoms with Gasteiger partial charge in [-0.2, -0.15) is 0 Å². The Hall–Kier alpha value is 0.0300. The summed E-state index contributed by atoms with van der Waals surface area (Å²) in [6.07, 6.45) is 12.4. The second kappa shape index (κ2) is 10.4. The summed E-state index contributed by atoms with van der Waals surface area (Å²) in [6.45, 7) is 8.13. The number of thioether (sulfide) groups is 2. The Kier molecular flexibility index (Phi) is 8.41. The molecule has 1 aliphatic carbocycles. The van der Waals surface area contributed by atoms with E-state index in [0.717, 1.165) is 56.3 Å². The van der Waals surface area contributed by atoms with Crippen molar-refractivity contribution in [3.05, 3.63) is 12.2 Å². The topological polar surface area (TPSA) is 35.5 Å². The number of hydrogen-bond acceptors (Lipinski definition) is 5. The van der Waals surface area contributed by atoms with Crippen LogP contribution in [0.3, 0.4) is 0 Å². The van der Waals surface area contributed by atoms with Gasteiger partial charge in [-0.25, -0.2) is 0 Å². The van der Waals surface area contributed by atoms with Gasteiger partial charge in [0.2, 0.25) is 0 Å². The quantitative estimate of drug-likeness (QED) is 0.330. The summed E-state index contributed by atoms with van der Waals surface area (Å²) in [5, 5.41) is 0. The highest BCUT2D eigenvalue weighted by Crippen LogP contribution is 2.51. The van der Waals surface area contributed by atoms with Crippen LogP contribution in [0.25, 0.3) is 0 Å². The Bertz CT molecular complexity index is 530. The number of rotatable bonds is 9. The zero-order valence-corrected chi connectivity index (χ0v) is 19.5. The van der Waals surface area contributed by atoms with E-state index in [1.807, 2.05) is 6.08 Å². The second-order valence-corrected chi connectivity index (χ2v) is 12.3. The van der Waals surface area contributed by atoms with E-state index in [1.165, 1.54) is 17.9 Å². The molecule has 0 bridgehead atoms. The Balaban J connectivity index is 1.63. The molecule has 2 saturated heterocycles. The van der Waals surface area contributed by atoms with Gasteiger partial charge >= 0.3 is 0 Å². The highest BCUT2D eigenvalue weighted by molar-refractivity contribution is 8.20. The maximum absolute atomic E-state index is 12.2. The molecule has 3 rings (SSSR count). The minimum absolute atomic E-state index is 0.0934. The van der Waals surface area contributed by atoms with Gasteiger partial charge in [-0.1, -0.05) is 39.7 Å². The fourth-order valence-corrected chi connectivity index (χ4v) is 7.44. The maximum atomic E-state index is 12.2. The lowest BCUT2D eigenvalue weighted by molar-refractivity contribution is -0.316. The molecule has 5 heteroatoms. The van der Waals surface area contributed by atoms with E-state index in [2.05, 4.69) is 50.4 Å². The molecular formula is C23H38O3S2. The molecule has 0 aromatic carbocycles. The third kappa shape index (κ3) is 6.02. The van der Waals surface area contributed by atoms with Gasteiger partial charge in [0.05, 0.1) is 17.8 Å². The molecule has 2 atom stereocenters. The Morgan fingerprint density at radius 3 is 2.50 bits per heavy atom. The number of carbonyl (C=O) groups excluding carboxylic acids is 1. The molecular weight excluding hydrogens is 388 g/mol. The number of ether oxygens (including phenoxy) is 2. The molecule has 0 radical (unpaired) electrons. The van der Waals surface area contributed by atoms with Gasteiger partial charge in [0.25, 0.3) is 0 Å². The first-order valence-corrected chi connectivity index (χ1v) is 13.3. The summed E-state index contributed by atoms with van der Waals surface area (Å²) in [5.74, 6) is 3.17. The van der Waals surface area contributed by atoms with Crippen LogP contribution < -0.4 is 0 Å². The Morgan fingerprint density at radius 2 is 1.82 bits per heavy atom. The Labute approximate surface area is 180 Å². The van der Waals surface area contributed by atoms with Crippen molar-refractivity contribution in [2.24, 2.45) is 17.3 Å². The van der Waals surface area contributed by atoms with E-state index in [1.54, 1.807) is 0 Å². The van der Waals surface area contributed by atoms with Crippen LogP contribution in [-0.4, -0.2) is 40.9 Å². The summed E-state index contributed by atoms with van der Waals surface area (Å²) in [6, 6.07) is 0. The zero-order valence-electron chi connectivity index (χ0n) is 17.9. The molecule has 0 amide bonds. The Morgan fingerprint density at radius 1 is 1.11 bits per heavy atom. The smallest absolute Gasteiger partial charge is 0.171 e. The number of ketones is 1. The highest BCUT2D eigenvalue weighted by Gasteiger charge is 2.52. The average Bonchev–Trinajstić information content (AvgIpc) is 3.30. The van der Waals surface area contributed by atoms with Crippen LogP contribution in [0.5, 0.6) is 0 Å². The first-order valence-electron chi connectivity index (χ1n) is 11.2. The molecule has 3 aliphatic rings. The second-order valence-electron chi connectivity index (χ2n) is 9.39. The normalized spacial score (nSPS) is 29.8. The van der Waals surface area contributed by atoms with Crippen LogP contribution in [0, 0.1) is 17.3 Å². The van der Waals surface area contributed by atoms with E-state index < -0.39 is 5.79 Å². The first kappa shape index (κ1) is 22.7. The molecule has 1 spiro atoms. The van der Waals surface area contributed by atoms with Gasteiger partial charge < -0.3 is 9.47 Å². The van der Waals surface area contributed by atoms with Crippen LogP contribution in [0.15, 0.2) is 12.2 Å². The first-order chi connectivity index (χ1) is 13.4. The third-order valence-corrected chi connectivity index (χ3v) is 9.45. The molecule has 3 nitrogen and oxygen atoms in total. The van der Waals surface area contributed by atoms with Crippen LogP contribution in [0.2, 0.25) is 0 Å². The molecule has 0 N–H and O–H groups in total. The molecule has 0 aromatic rings. The van der Waals surface area contributed by atoms with Gasteiger partial charge in [-0.15, -0.1) is 23.5 Å². The number of hydrogen-bond donors (Lipinski definition) is 0. The standard InChI is InChI=1S/C23H38O3S2/c1-4-5-6-7-19(24)9-8-18-12-13-23(25-16-22(2,3)17-26-23)20(18)10-11-21-27-14-15-28-21/h8-9,18,20-21H,4-7,10-17H2,1-3H3/t18-,20+/m0/s1. The van der Waals surface area contributed by atoms with Crippen LogP contribution >= 0.6 is 23.5 Å². The van der Waals surface area contributed by atoms with Crippen molar-refractivity contribution >= 4 is 29.3 Å². The monoisotopic (exact) mass is 426 g/mol. The fourth-order valence-electron chi connectivity index (χ4n) is 4.57. The minimum atomic E-state index is -0.427. The lowest BCUT2D eigenvalue weighted by Gasteiger charge is -2.45. The molecule has 28 heavy (non-hydrogen) atoms. The lowest BCUT2D eigenvalue weighted by Crippen LogP contribution is -2.50. The van der Waals surface area contributed by atoms with E-state index in [-0.39, 0.29) is 11.2 Å². The maximum Gasteiger partial charge on any atom is 0.171 e. The van der Waals surface area contributed by atoms with Gasteiger partial charge in [-0.3, -0.25) is 4.79 Å². The van der Waals surface area contributed by atoms with E-state index >= 15 is 0 Å². The van der Waals surface area contributed by atoms with Gasteiger partial charge in [-0.05, 0) is 37.7 Å². The van der Waals surface area contributed by atoms with Crippen LogP contribution in [0.4, 0.5) is 0 Å². The SMILES string of the molecule is CCCCCC(=O)C=C[C@H]1CCC2(OCC(C)(C)CO2)[C@@H]1CCC1SCCS1. The number of carbonyl (C=O) groups is 1. The highest BCUT2D eigenvalue weighted by atomic mass is 32.2. The van der Waals surface area contributed by atoms with Gasteiger partial charge in [0.15, 0.2) is 11.6 Å². The van der Waals surface area contributed by atoms with Crippen molar-refractivity contribution in [3.63, 3.8) is 0 Å². The zero-order chi connectivity index (χ0) is 20.0. The summed E-state index contributed by atoms with van der Waals surface area (Å²) in [7, 11) is 0. The van der Waals surface area contributed by atoms with E-state index in [9.17, 15) is 4.79 Å². The summed E-state index contributed by atoms with van der Waals surface area (Å²) < 4.78 is 13.6. The van der Waals surface area contributed by atoms with Crippen LogP contribution in [-0.2, 0) is 14.3 Å². The van der Waals surface area contributed by atoms with Crippen LogP contribution in [0.1, 0.15) is 72.1 Å². The number of allylic oxidation sites excluding steroid dienone is 2. The van der Waals surface area contributed by atoms with Gasteiger partial charge in [0.1, 0.15) is 0 Å². The lowest BCUT2D eigenvalue weighted by atomic mass is 9.86. The van der Waals surface area contributed by atoms with Crippen molar-refractivity contribution in [1.82, 2.24) is 0 Å². The van der Waals surface area contributed by atoms with E-state index in [0.29, 0.717) is 18.3 Å². The summed E-state index contributed by atoms with van der Waals surface area (Å²) >= 11 is 4.20. The number of unbranched alkanes of at least 4 members (excludes halogenated alkanes) is 2. The average molecular weight is 427 g/mol. The molecule has 3 fully saturated rings. The molecule has 0 unspecified atom stereocenters. The van der Waals surface area contributed by atoms with E-state index in [4.69, 9.17) is 9.47 Å². The molecule has 2 heterocycles. The third-order valence-electron chi connectivity index (χ3n) is 6.28. The minimum Gasteiger partial charge on any atom is -0.349 e. The fraction of sp³-hybridized carbons (Fsp3) is 0.870. The molecule has 2 aliphatic heterocycles. The predicted molar refractivity (Wildman–Crippen MR) is 121 cm³/mol. The van der Waals surface area contributed by atoms with Crippen molar-refractivity contribution in [2.75, 3.05) is 24.7 Å². The molecule has 1 saturated carbocycles. The van der Waals surface area contributed by atoms with Crippen molar-refractivity contribution in [3.8, 4) is 0 Å². The van der Waals surface area contributed by atoms with Crippen molar-refractivity contribution in [2.45, 2.75) is 82.5 Å². The molecule has 0 aromatic heterocycles. The summed E-state index contributed by atoms with van der Waals surface area (Å²) in [5.41, 5.74) is 0.0934. The molecule has 160 valence electrons. The summed E-state index contributed by atoms with van der Waals surface area (Å²) in [4.78, 5) is 12.2. The van der Waals surface area contributed by atoms with Crippen molar-refractivity contribution in [1.29, 1.82) is 0 Å². The van der Waals surface area contributed by atoms with Crippen molar-refractivity contribution < 1.29 is 14.3 Å².